The fourth-order valence-electron chi connectivity index (χ4n) is 4.09. The average Bonchev–Trinajstić information content (AvgIpc) is 3.49. The van der Waals surface area contributed by atoms with Crippen LogP contribution in [0.1, 0.15) is 17.5 Å². The number of fused-ring (bicyclic) bond motifs is 2. The van der Waals surface area contributed by atoms with Crippen molar-refractivity contribution in [3.8, 4) is 23.1 Å². The minimum Gasteiger partial charge on any atom is -0.496 e. The summed E-state index contributed by atoms with van der Waals surface area (Å²) < 4.78 is 50.9. The van der Waals surface area contributed by atoms with Crippen LogP contribution in [0.2, 0.25) is 0 Å². The van der Waals surface area contributed by atoms with Gasteiger partial charge in [-0.15, -0.1) is 0 Å². The standard InChI is InChI=1S/C23H20N4O8S/c1-32-17-8-13-4-3-5-14(13)9-20(17)36(30,31)26-23-22-18(33-2)10-16(11-19(22)35-25-23)34-21-7-6-15(12-24-21)27(28)29/h6-12H,3-5H2,1-2H3,(H,25,26). The van der Waals surface area contributed by atoms with Crippen molar-refractivity contribution in [2.45, 2.75) is 24.2 Å². The number of hydrogen-bond acceptors (Lipinski definition) is 10. The summed E-state index contributed by atoms with van der Waals surface area (Å²) in [6.07, 6.45) is 3.71. The number of anilines is 1. The Labute approximate surface area is 205 Å². The van der Waals surface area contributed by atoms with Crippen LogP contribution in [0.3, 0.4) is 0 Å². The van der Waals surface area contributed by atoms with Crippen LogP contribution < -0.4 is 18.9 Å². The number of sulfonamides is 1. The van der Waals surface area contributed by atoms with Crippen LogP contribution in [-0.4, -0.2) is 37.7 Å². The number of methoxy groups -OCH3 is 2. The van der Waals surface area contributed by atoms with Gasteiger partial charge in [0.25, 0.3) is 15.7 Å². The molecule has 4 aromatic rings. The third-order valence-electron chi connectivity index (χ3n) is 5.78. The van der Waals surface area contributed by atoms with Crippen LogP contribution >= 0.6 is 0 Å². The number of rotatable bonds is 8. The van der Waals surface area contributed by atoms with Crippen LogP contribution in [0.15, 0.2) is 52.0 Å². The number of hydrogen-bond donors (Lipinski definition) is 1. The number of ether oxygens (including phenoxy) is 3. The molecule has 13 heteroatoms. The summed E-state index contributed by atoms with van der Waals surface area (Å²) in [7, 11) is -1.26. The number of aromatic nitrogens is 2. The van der Waals surface area contributed by atoms with Crippen LogP contribution in [0.25, 0.3) is 11.0 Å². The third kappa shape index (κ3) is 4.24. The molecular formula is C23H20N4O8S. The van der Waals surface area contributed by atoms with Crippen LogP contribution in [0, 0.1) is 10.1 Å². The Bertz CT molecular complexity index is 1580. The van der Waals surface area contributed by atoms with Crippen molar-refractivity contribution in [1.29, 1.82) is 0 Å². The van der Waals surface area contributed by atoms with E-state index in [0.29, 0.717) is 0 Å². The van der Waals surface area contributed by atoms with Crippen molar-refractivity contribution in [1.82, 2.24) is 10.1 Å². The lowest BCUT2D eigenvalue weighted by Crippen LogP contribution is -2.15. The maximum atomic E-state index is 13.3. The quantitative estimate of drug-likeness (QED) is 0.268. The highest BCUT2D eigenvalue weighted by molar-refractivity contribution is 7.92. The van der Waals surface area contributed by atoms with E-state index in [-0.39, 0.29) is 50.5 Å². The maximum Gasteiger partial charge on any atom is 0.287 e. The van der Waals surface area contributed by atoms with Gasteiger partial charge in [0.1, 0.15) is 33.7 Å². The molecule has 0 fully saturated rings. The highest BCUT2D eigenvalue weighted by Crippen LogP contribution is 2.39. The number of pyridine rings is 1. The first kappa shape index (κ1) is 23.4. The molecule has 0 amide bonds. The highest BCUT2D eigenvalue weighted by atomic mass is 32.2. The molecule has 1 N–H and O–H groups in total. The van der Waals surface area contributed by atoms with Crippen molar-refractivity contribution >= 4 is 32.5 Å². The molecular weight excluding hydrogens is 492 g/mol. The molecule has 36 heavy (non-hydrogen) atoms. The van der Waals surface area contributed by atoms with E-state index >= 15 is 0 Å². The van der Waals surface area contributed by atoms with E-state index in [4.69, 9.17) is 18.7 Å². The number of benzene rings is 2. The van der Waals surface area contributed by atoms with E-state index in [1.165, 1.54) is 38.5 Å². The molecule has 2 aromatic heterocycles. The van der Waals surface area contributed by atoms with Gasteiger partial charge in [0.2, 0.25) is 5.88 Å². The molecule has 0 unspecified atom stereocenters. The highest BCUT2D eigenvalue weighted by Gasteiger charge is 2.27. The van der Waals surface area contributed by atoms with Gasteiger partial charge >= 0.3 is 0 Å². The third-order valence-corrected chi connectivity index (χ3v) is 7.14. The van der Waals surface area contributed by atoms with E-state index in [0.717, 1.165) is 36.6 Å². The molecule has 0 spiro atoms. The molecule has 5 rings (SSSR count). The molecule has 1 aliphatic carbocycles. The summed E-state index contributed by atoms with van der Waals surface area (Å²) >= 11 is 0. The van der Waals surface area contributed by atoms with Gasteiger partial charge in [-0.05, 0) is 42.5 Å². The summed E-state index contributed by atoms with van der Waals surface area (Å²) in [5.74, 6) is 0.751. The van der Waals surface area contributed by atoms with Crippen molar-refractivity contribution in [2.24, 2.45) is 0 Å². The lowest BCUT2D eigenvalue weighted by atomic mass is 10.1. The van der Waals surface area contributed by atoms with Crippen molar-refractivity contribution in [2.75, 3.05) is 18.9 Å². The van der Waals surface area contributed by atoms with E-state index in [2.05, 4.69) is 14.9 Å². The second-order valence-electron chi connectivity index (χ2n) is 7.97. The molecule has 186 valence electrons. The van der Waals surface area contributed by atoms with E-state index in [9.17, 15) is 18.5 Å². The van der Waals surface area contributed by atoms with Crippen molar-refractivity contribution in [3.05, 3.63) is 63.8 Å². The first-order valence-electron chi connectivity index (χ1n) is 10.8. The van der Waals surface area contributed by atoms with Crippen LogP contribution in [-0.2, 0) is 22.9 Å². The smallest absolute Gasteiger partial charge is 0.287 e. The molecule has 12 nitrogen and oxygen atoms in total. The Balaban J connectivity index is 1.47. The Morgan fingerprint density at radius 3 is 2.47 bits per heavy atom. The lowest BCUT2D eigenvalue weighted by Gasteiger charge is -2.13. The topological polar surface area (TPSA) is 156 Å². The first-order chi connectivity index (χ1) is 17.3. The Kier molecular flexibility index (Phi) is 5.84. The van der Waals surface area contributed by atoms with E-state index in [1.54, 1.807) is 12.1 Å². The monoisotopic (exact) mass is 512 g/mol. The maximum absolute atomic E-state index is 13.3. The number of nitrogens with one attached hydrogen (secondary N) is 1. The summed E-state index contributed by atoms with van der Waals surface area (Å²) in [5.41, 5.74) is 2.06. The Morgan fingerprint density at radius 2 is 1.81 bits per heavy atom. The van der Waals surface area contributed by atoms with Gasteiger partial charge in [0.05, 0.1) is 19.1 Å². The van der Waals surface area contributed by atoms with E-state index < -0.39 is 14.9 Å². The molecule has 2 aromatic carbocycles. The minimum atomic E-state index is -4.08. The summed E-state index contributed by atoms with van der Waals surface area (Å²) in [5, 5.41) is 15.0. The SMILES string of the molecule is COc1cc2c(cc1S(=O)(=O)Nc1noc3cc(Oc4ccc([N+](=O)[O-])cn4)cc(OC)c13)CCC2. The fourth-order valence-corrected chi connectivity index (χ4v) is 5.30. The molecule has 0 aliphatic heterocycles. The zero-order valence-electron chi connectivity index (χ0n) is 19.2. The van der Waals surface area contributed by atoms with Crippen LogP contribution in [0.4, 0.5) is 11.5 Å². The second kappa shape index (κ2) is 9.00. The van der Waals surface area contributed by atoms with Crippen LogP contribution in [0.5, 0.6) is 23.1 Å². The Morgan fingerprint density at radius 1 is 1.06 bits per heavy atom. The molecule has 0 saturated carbocycles. The van der Waals surface area contributed by atoms with Crippen molar-refractivity contribution in [3.63, 3.8) is 0 Å². The molecule has 0 atom stereocenters. The Hall–Kier alpha value is -4.39. The van der Waals surface area contributed by atoms with Gasteiger partial charge < -0.3 is 18.7 Å². The summed E-state index contributed by atoms with van der Waals surface area (Å²) in [4.78, 5) is 14.2. The minimum absolute atomic E-state index is 0.00460. The second-order valence-corrected chi connectivity index (χ2v) is 9.63. The predicted molar refractivity (Wildman–Crippen MR) is 127 cm³/mol. The van der Waals surface area contributed by atoms with E-state index in [1.807, 2.05) is 0 Å². The van der Waals surface area contributed by atoms with Gasteiger partial charge in [0, 0.05) is 24.3 Å². The summed E-state index contributed by atoms with van der Waals surface area (Å²) in [6.45, 7) is 0. The zero-order chi connectivity index (χ0) is 25.4. The van der Waals surface area contributed by atoms with Gasteiger partial charge in [-0.3, -0.25) is 14.8 Å². The normalized spacial score (nSPS) is 12.8. The van der Waals surface area contributed by atoms with Gasteiger partial charge in [0.15, 0.2) is 11.4 Å². The zero-order valence-corrected chi connectivity index (χ0v) is 20.0. The number of nitro groups is 1. The molecule has 2 heterocycles. The molecule has 1 aliphatic rings. The first-order valence-corrected chi connectivity index (χ1v) is 12.3. The van der Waals surface area contributed by atoms with Gasteiger partial charge in [-0.1, -0.05) is 5.16 Å². The largest absolute Gasteiger partial charge is 0.496 e. The van der Waals surface area contributed by atoms with Gasteiger partial charge in [-0.25, -0.2) is 13.4 Å². The molecule has 0 saturated heterocycles. The predicted octanol–water partition coefficient (Wildman–Crippen LogP) is 4.23. The van der Waals surface area contributed by atoms with Crippen molar-refractivity contribution < 1.29 is 32.1 Å². The number of nitrogens with zero attached hydrogens (tertiary/aromatic N) is 3. The number of aryl methyl sites for hydroxylation is 2. The fraction of sp³-hybridized carbons (Fsp3) is 0.217. The average molecular weight is 513 g/mol. The summed E-state index contributed by atoms with van der Waals surface area (Å²) in [6, 6.07) is 8.96. The van der Waals surface area contributed by atoms with Gasteiger partial charge in [-0.2, -0.15) is 0 Å². The molecule has 0 bridgehead atoms. The molecule has 0 radical (unpaired) electrons. The lowest BCUT2D eigenvalue weighted by molar-refractivity contribution is -0.385.